The van der Waals surface area contributed by atoms with Gasteiger partial charge in [0.2, 0.25) is 0 Å². The lowest BCUT2D eigenvalue weighted by atomic mass is 9.65. The Balaban J connectivity index is 1.92. The van der Waals surface area contributed by atoms with Gasteiger partial charge in [-0.3, -0.25) is 0 Å². The Morgan fingerprint density at radius 1 is 1.24 bits per heavy atom. The fourth-order valence-corrected chi connectivity index (χ4v) is 2.66. The van der Waals surface area contributed by atoms with E-state index in [4.69, 9.17) is 0 Å². The molecule has 1 aromatic carbocycles. The first kappa shape index (κ1) is 12.6. The lowest BCUT2D eigenvalue weighted by molar-refractivity contribution is 0.130. The molecule has 17 heavy (non-hydrogen) atoms. The van der Waals surface area contributed by atoms with Crippen molar-refractivity contribution in [2.75, 3.05) is 13.1 Å². The second-order valence-corrected chi connectivity index (χ2v) is 5.33. The molecule has 1 saturated carbocycles. The fraction of sp³-hybridized carbons (Fsp3) is 0.600. The second-order valence-electron chi connectivity index (χ2n) is 5.33. The second kappa shape index (κ2) is 5.63. The van der Waals surface area contributed by atoms with Gasteiger partial charge in [0.1, 0.15) is 5.82 Å². The molecule has 1 aliphatic carbocycles. The Bertz CT molecular complexity index is 340. The molecule has 0 heterocycles. The molecule has 94 valence electrons. The standard InChI is InChI=1S/C15H22FN/c1-2-10-17-12-15(8-3-9-15)11-13-4-6-14(16)7-5-13/h4-7,17H,2-3,8-12H2,1H3. The Hall–Kier alpha value is -0.890. The van der Waals surface area contributed by atoms with Gasteiger partial charge >= 0.3 is 0 Å². The average molecular weight is 235 g/mol. The van der Waals surface area contributed by atoms with Crippen LogP contribution in [0.3, 0.4) is 0 Å². The monoisotopic (exact) mass is 235 g/mol. The molecule has 0 unspecified atom stereocenters. The first-order chi connectivity index (χ1) is 8.24. The number of hydrogen-bond acceptors (Lipinski definition) is 1. The predicted molar refractivity (Wildman–Crippen MR) is 69.5 cm³/mol. The summed E-state index contributed by atoms with van der Waals surface area (Å²) in [6.07, 6.45) is 6.23. The van der Waals surface area contributed by atoms with Gasteiger partial charge in [0.15, 0.2) is 0 Å². The van der Waals surface area contributed by atoms with E-state index < -0.39 is 0 Å². The molecule has 0 spiro atoms. The largest absolute Gasteiger partial charge is 0.316 e. The Labute approximate surface area is 103 Å². The Kier molecular flexibility index (Phi) is 4.16. The zero-order chi connectivity index (χ0) is 12.1. The maximum absolute atomic E-state index is 12.9. The Morgan fingerprint density at radius 3 is 2.47 bits per heavy atom. The van der Waals surface area contributed by atoms with Crippen LogP contribution >= 0.6 is 0 Å². The third kappa shape index (κ3) is 3.29. The first-order valence-electron chi connectivity index (χ1n) is 6.69. The van der Waals surface area contributed by atoms with Crippen LogP contribution in [0.5, 0.6) is 0 Å². The van der Waals surface area contributed by atoms with Crippen LogP contribution in [-0.4, -0.2) is 13.1 Å². The molecule has 0 amide bonds. The van der Waals surface area contributed by atoms with Crippen LogP contribution in [0, 0.1) is 11.2 Å². The highest BCUT2D eigenvalue weighted by Gasteiger charge is 2.36. The van der Waals surface area contributed by atoms with Crippen LogP contribution in [0.4, 0.5) is 4.39 Å². The van der Waals surface area contributed by atoms with Gasteiger partial charge in [-0.05, 0) is 55.3 Å². The summed E-state index contributed by atoms with van der Waals surface area (Å²) in [6, 6.07) is 6.99. The van der Waals surface area contributed by atoms with Crippen LogP contribution in [0.2, 0.25) is 0 Å². The fourth-order valence-electron chi connectivity index (χ4n) is 2.66. The van der Waals surface area contributed by atoms with Crippen molar-refractivity contribution in [3.8, 4) is 0 Å². The van der Waals surface area contributed by atoms with E-state index in [0.29, 0.717) is 5.41 Å². The molecule has 2 heteroatoms. The van der Waals surface area contributed by atoms with Gasteiger partial charge in [0, 0.05) is 6.54 Å². The minimum atomic E-state index is -0.138. The van der Waals surface area contributed by atoms with E-state index in [-0.39, 0.29) is 5.82 Å². The first-order valence-corrected chi connectivity index (χ1v) is 6.69. The highest BCUT2D eigenvalue weighted by molar-refractivity contribution is 5.18. The average Bonchev–Trinajstić information content (AvgIpc) is 2.29. The van der Waals surface area contributed by atoms with Gasteiger partial charge in [0.25, 0.3) is 0 Å². The molecule has 1 N–H and O–H groups in total. The van der Waals surface area contributed by atoms with Gasteiger partial charge in [-0.25, -0.2) is 4.39 Å². The summed E-state index contributed by atoms with van der Waals surface area (Å²) in [5.74, 6) is -0.138. The minimum absolute atomic E-state index is 0.138. The molecule has 1 nitrogen and oxygen atoms in total. The lowest BCUT2D eigenvalue weighted by Gasteiger charge is -2.42. The van der Waals surface area contributed by atoms with E-state index in [1.165, 1.54) is 31.2 Å². The molecule has 0 saturated heterocycles. The van der Waals surface area contributed by atoms with Crippen molar-refractivity contribution in [1.29, 1.82) is 0 Å². The van der Waals surface area contributed by atoms with E-state index >= 15 is 0 Å². The van der Waals surface area contributed by atoms with Crippen LogP contribution in [0.1, 0.15) is 38.2 Å². The molecule has 1 aromatic rings. The van der Waals surface area contributed by atoms with Gasteiger partial charge in [0.05, 0.1) is 0 Å². The van der Waals surface area contributed by atoms with E-state index in [9.17, 15) is 4.39 Å². The maximum Gasteiger partial charge on any atom is 0.123 e. The normalized spacial score (nSPS) is 17.8. The topological polar surface area (TPSA) is 12.0 Å². The number of benzene rings is 1. The number of halogens is 1. The summed E-state index contributed by atoms with van der Waals surface area (Å²) in [5.41, 5.74) is 1.71. The van der Waals surface area contributed by atoms with Crippen molar-refractivity contribution in [2.45, 2.75) is 39.0 Å². The van der Waals surface area contributed by atoms with Crippen LogP contribution in [0.25, 0.3) is 0 Å². The Morgan fingerprint density at radius 2 is 1.94 bits per heavy atom. The summed E-state index contributed by atoms with van der Waals surface area (Å²) >= 11 is 0. The lowest BCUT2D eigenvalue weighted by Crippen LogP contribution is -2.41. The third-order valence-corrected chi connectivity index (χ3v) is 3.83. The molecule has 1 aliphatic rings. The highest BCUT2D eigenvalue weighted by atomic mass is 19.1. The molecule has 0 aromatic heterocycles. The zero-order valence-corrected chi connectivity index (χ0v) is 10.6. The molecule has 2 rings (SSSR count). The van der Waals surface area contributed by atoms with Crippen LogP contribution in [0.15, 0.2) is 24.3 Å². The summed E-state index contributed by atoms with van der Waals surface area (Å²) < 4.78 is 12.9. The number of hydrogen-bond donors (Lipinski definition) is 1. The predicted octanol–water partition coefficient (Wildman–Crippen LogP) is 3.54. The van der Waals surface area contributed by atoms with Crippen molar-refractivity contribution in [3.05, 3.63) is 35.6 Å². The third-order valence-electron chi connectivity index (χ3n) is 3.83. The maximum atomic E-state index is 12.9. The molecule has 0 aliphatic heterocycles. The summed E-state index contributed by atoms with van der Waals surface area (Å²) in [7, 11) is 0. The molecule has 0 bridgehead atoms. The summed E-state index contributed by atoms with van der Waals surface area (Å²) in [5, 5.41) is 3.54. The van der Waals surface area contributed by atoms with Gasteiger partial charge < -0.3 is 5.32 Å². The molecule has 0 atom stereocenters. The van der Waals surface area contributed by atoms with Crippen molar-refractivity contribution in [1.82, 2.24) is 5.32 Å². The van der Waals surface area contributed by atoms with E-state index in [0.717, 1.165) is 19.5 Å². The number of nitrogens with one attached hydrogen (secondary N) is 1. The van der Waals surface area contributed by atoms with Crippen LogP contribution < -0.4 is 5.32 Å². The van der Waals surface area contributed by atoms with E-state index in [1.54, 1.807) is 12.1 Å². The van der Waals surface area contributed by atoms with Gasteiger partial charge in [-0.1, -0.05) is 25.5 Å². The molecular weight excluding hydrogens is 213 g/mol. The molecular formula is C15H22FN. The molecule has 0 radical (unpaired) electrons. The number of rotatable bonds is 6. The van der Waals surface area contributed by atoms with E-state index in [2.05, 4.69) is 12.2 Å². The summed E-state index contributed by atoms with van der Waals surface area (Å²) in [4.78, 5) is 0. The summed E-state index contributed by atoms with van der Waals surface area (Å²) in [6.45, 7) is 4.41. The van der Waals surface area contributed by atoms with Gasteiger partial charge in [-0.2, -0.15) is 0 Å². The van der Waals surface area contributed by atoms with Crippen LogP contribution in [-0.2, 0) is 6.42 Å². The van der Waals surface area contributed by atoms with Crippen molar-refractivity contribution in [2.24, 2.45) is 5.41 Å². The van der Waals surface area contributed by atoms with Crippen molar-refractivity contribution < 1.29 is 4.39 Å². The van der Waals surface area contributed by atoms with E-state index in [1.807, 2.05) is 12.1 Å². The van der Waals surface area contributed by atoms with Crippen molar-refractivity contribution >= 4 is 0 Å². The SMILES string of the molecule is CCCNCC1(Cc2ccc(F)cc2)CCC1. The smallest absolute Gasteiger partial charge is 0.123 e. The molecule has 1 fully saturated rings. The van der Waals surface area contributed by atoms with Crippen molar-refractivity contribution in [3.63, 3.8) is 0 Å². The quantitative estimate of drug-likeness (QED) is 0.744. The highest BCUT2D eigenvalue weighted by Crippen LogP contribution is 2.43. The zero-order valence-electron chi connectivity index (χ0n) is 10.6. The minimum Gasteiger partial charge on any atom is -0.316 e. The van der Waals surface area contributed by atoms with Gasteiger partial charge in [-0.15, -0.1) is 0 Å².